The summed E-state index contributed by atoms with van der Waals surface area (Å²) < 4.78 is 15.0. The minimum Gasteiger partial charge on any atom is -0.378 e. The quantitative estimate of drug-likeness (QED) is 0.693. The van der Waals surface area contributed by atoms with Gasteiger partial charge >= 0.3 is 5.69 Å². The van der Waals surface area contributed by atoms with Crippen molar-refractivity contribution in [1.29, 1.82) is 0 Å². The molecule has 1 aromatic carbocycles. The molecule has 2 rings (SSSR count). The van der Waals surface area contributed by atoms with Crippen molar-refractivity contribution in [2.45, 2.75) is 13.5 Å². The third kappa shape index (κ3) is 2.58. The van der Waals surface area contributed by atoms with Gasteiger partial charge in [-0.05, 0) is 40.5 Å². The van der Waals surface area contributed by atoms with Gasteiger partial charge in [-0.25, -0.2) is 9.07 Å². The summed E-state index contributed by atoms with van der Waals surface area (Å²) in [6, 6.07) is 4.58. The Labute approximate surface area is 116 Å². The van der Waals surface area contributed by atoms with Gasteiger partial charge in [-0.2, -0.15) is 5.10 Å². The minimum atomic E-state index is -0.573. The molecule has 100 valence electrons. The number of aryl methyl sites for hydroxylation is 1. The maximum absolute atomic E-state index is 13.4. The molecular weight excluding hydrogens is 319 g/mol. The van der Waals surface area contributed by atoms with Crippen molar-refractivity contribution >= 4 is 27.4 Å². The maximum Gasteiger partial charge on any atom is 0.333 e. The molecule has 0 bridgehead atoms. The average Bonchev–Trinajstić information content (AvgIpc) is 2.59. The van der Waals surface area contributed by atoms with E-state index in [1.807, 2.05) is 0 Å². The molecule has 0 aliphatic rings. The number of halogens is 2. The lowest BCUT2D eigenvalue weighted by molar-refractivity contribution is -0.384. The number of nitrogens with zero attached hydrogens (tertiary/aromatic N) is 3. The fraction of sp³-hybridized carbons (Fsp3) is 0.182. The summed E-state index contributed by atoms with van der Waals surface area (Å²) in [6.45, 7) is 1.68. The van der Waals surface area contributed by atoms with Gasteiger partial charge in [0.05, 0.1) is 15.9 Å². The monoisotopic (exact) mass is 328 g/mol. The molecule has 0 saturated carbocycles. The fourth-order valence-corrected chi connectivity index (χ4v) is 1.99. The van der Waals surface area contributed by atoms with Crippen molar-refractivity contribution < 1.29 is 9.31 Å². The molecule has 2 N–H and O–H groups in total. The van der Waals surface area contributed by atoms with Gasteiger partial charge in [0.1, 0.15) is 11.5 Å². The van der Waals surface area contributed by atoms with Gasteiger partial charge in [-0.3, -0.25) is 10.1 Å². The Hall–Kier alpha value is -1.96. The van der Waals surface area contributed by atoms with Gasteiger partial charge < -0.3 is 5.73 Å². The predicted molar refractivity (Wildman–Crippen MR) is 71.2 cm³/mol. The third-order valence-corrected chi connectivity index (χ3v) is 3.28. The molecule has 0 aliphatic heterocycles. The van der Waals surface area contributed by atoms with E-state index in [0.29, 0.717) is 10.0 Å². The van der Waals surface area contributed by atoms with Crippen LogP contribution < -0.4 is 5.73 Å². The van der Waals surface area contributed by atoms with Crippen molar-refractivity contribution in [3.63, 3.8) is 0 Å². The van der Waals surface area contributed by atoms with Crippen molar-refractivity contribution in [1.82, 2.24) is 9.78 Å². The van der Waals surface area contributed by atoms with Crippen LogP contribution in [-0.2, 0) is 6.54 Å². The normalized spacial score (nSPS) is 10.7. The summed E-state index contributed by atoms with van der Waals surface area (Å²) in [5, 5.41) is 14.8. The lowest BCUT2D eigenvalue weighted by Gasteiger charge is -2.04. The number of nitrogens with two attached hydrogens (primary N) is 1. The van der Waals surface area contributed by atoms with Crippen LogP contribution >= 0.6 is 15.9 Å². The number of anilines is 1. The molecule has 19 heavy (non-hydrogen) atoms. The van der Waals surface area contributed by atoms with Crippen molar-refractivity contribution in [2.24, 2.45) is 0 Å². The molecule has 8 heteroatoms. The average molecular weight is 329 g/mol. The van der Waals surface area contributed by atoms with E-state index in [2.05, 4.69) is 21.0 Å². The summed E-state index contributed by atoms with van der Waals surface area (Å²) in [4.78, 5) is 10.2. The third-order valence-electron chi connectivity index (χ3n) is 2.63. The highest BCUT2D eigenvalue weighted by atomic mass is 79.9. The number of aromatic nitrogens is 2. The van der Waals surface area contributed by atoms with Crippen LogP contribution in [-0.4, -0.2) is 14.7 Å². The number of nitrogen functional groups attached to an aromatic ring is 1. The number of hydrogen-bond donors (Lipinski definition) is 1. The highest BCUT2D eigenvalue weighted by Crippen LogP contribution is 2.26. The molecule has 0 spiro atoms. The van der Waals surface area contributed by atoms with E-state index in [-0.39, 0.29) is 23.7 Å². The topological polar surface area (TPSA) is 87.0 Å². The first kappa shape index (κ1) is 13.5. The first-order valence-corrected chi connectivity index (χ1v) is 6.10. The van der Waals surface area contributed by atoms with Gasteiger partial charge in [0, 0.05) is 0 Å². The Morgan fingerprint density at radius 3 is 2.79 bits per heavy atom. The van der Waals surface area contributed by atoms with Gasteiger partial charge in [0.15, 0.2) is 0 Å². The highest BCUT2D eigenvalue weighted by Gasteiger charge is 2.22. The van der Waals surface area contributed by atoms with Crippen LogP contribution in [0.3, 0.4) is 0 Å². The summed E-state index contributed by atoms with van der Waals surface area (Å²) in [6.07, 6.45) is 0. The molecule has 1 aromatic heterocycles. The minimum absolute atomic E-state index is 0.0363. The molecule has 6 nitrogen and oxygen atoms in total. The first-order chi connectivity index (χ1) is 8.90. The summed E-state index contributed by atoms with van der Waals surface area (Å²) in [5.74, 6) is -0.444. The van der Waals surface area contributed by atoms with Gasteiger partial charge in [-0.15, -0.1) is 0 Å². The standard InChI is InChI=1S/C11H10BrFN4O2/c1-6-10(17(18)19)11(14)16(15-6)5-7-2-3-8(12)9(13)4-7/h2-4H,5,14H2,1H3. The van der Waals surface area contributed by atoms with Crippen LogP contribution in [0.15, 0.2) is 22.7 Å². The van der Waals surface area contributed by atoms with Crippen molar-refractivity contribution in [3.05, 3.63) is 49.9 Å². The first-order valence-electron chi connectivity index (χ1n) is 5.31. The highest BCUT2D eigenvalue weighted by molar-refractivity contribution is 9.10. The van der Waals surface area contributed by atoms with E-state index in [0.717, 1.165) is 0 Å². The molecule has 0 unspecified atom stereocenters. The molecule has 0 radical (unpaired) electrons. The van der Waals surface area contributed by atoms with Gasteiger partial charge in [0.25, 0.3) is 0 Å². The van der Waals surface area contributed by atoms with E-state index in [4.69, 9.17) is 5.73 Å². The zero-order valence-electron chi connectivity index (χ0n) is 9.93. The van der Waals surface area contributed by atoms with Crippen LogP contribution in [0.1, 0.15) is 11.3 Å². The Kier molecular flexibility index (Phi) is 3.52. The molecule has 0 amide bonds. The molecule has 1 heterocycles. The lowest BCUT2D eigenvalue weighted by atomic mass is 10.2. The molecule has 0 fully saturated rings. The number of rotatable bonds is 3. The van der Waals surface area contributed by atoms with E-state index in [9.17, 15) is 14.5 Å². The molecule has 0 aliphatic carbocycles. The van der Waals surface area contributed by atoms with Gasteiger partial charge in [-0.1, -0.05) is 6.07 Å². The van der Waals surface area contributed by atoms with Crippen LogP contribution in [0.5, 0.6) is 0 Å². The number of hydrogen-bond acceptors (Lipinski definition) is 4. The van der Waals surface area contributed by atoms with E-state index < -0.39 is 10.7 Å². The van der Waals surface area contributed by atoms with Crippen molar-refractivity contribution in [2.75, 3.05) is 5.73 Å². The van der Waals surface area contributed by atoms with E-state index in [1.54, 1.807) is 12.1 Å². The maximum atomic E-state index is 13.4. The Morgan fingerprint density at radius 1 is 1.58 bits per heavy atom. The zero-order valence-corrected chi connectivity index (χ0v) is 11.5. The van der Waals surface area contributed by atoms with Crippen LogP contribution in [0.4, 0.5) is 15.9 Å². The SMILES string of the molecule is Cc1nn(Cc2ccc(Br)c(F)c2)c(N)c1[N+](=O)[O-]. The number of benzene rings is 1. The summed E-state index contributed by atoms with van der Waals surface area (Å²) in [7, 11) is 0. The lowest BCUT2D eigenvalue weighted by Crippen LogP contribution is -2.07. The van der Waals surface area contributed by atoms with Crippen LogP contribution in [0.25, 0.3) is 0 Å². The Morgan fingerprint density at radius 2 is 2.26 bits per heavy atom. The van der Waals surface area contributed by atoms with E-state index in [1.165, 1.54) is 17.7 Å². The molecular formula is C11H10BrFN4O2. The zero-order chi connectivity index (χ0) is 14.2. The Bertz CT molecular complexity index is 656. The fourth-order valence-electron chi connectivity index (χ4n) is 1.75. The molecule has 0 saturated heterocycles. The van der Waals surface area contributed by atoms with Crippen molar-refractivity contribution in [3.8, 4) is 0 Å². The Balaban J connectivity index is 2.36. The predicted octanol–water partition coefficient (Wildman–Crippen LogP) is 2.63. The second kappa shape index (κ2) is 4.96. The molecule has 2 aromatic rings. The van der Waals surface area contributed by atoms with Gasteiger partial charge in [0.2, 0.25) is 5.82 Å². The van der Waals surface area contributed by atoms with Crippen LogP contribution in [0.2, 0.25) is 0 Å². The summed E-state index contributed by atoms with van der Waals surface area (Å²) >= 11 is 3.05. The number of nitro groups is 1. The second-order valence-corrected chi connectivity index (χ2v) is 4.84. The smallest absolute Gasteiger partial charge is 0.333 e. The van der Waals surface area contributed by atoms with Crippen LogP contribution in [0, 0.1) is 22.9 Å². The summed E-state index contributed by atoms with van der Waals surface area (Å²) in [5.41, 5.74) is 6.32. The largest absolute Gasteiger partial charge is 0.378 e. The van der Waals surface area contributed by atoms with E-state index >= 15 is 0 Å². The second-order valence-electron chi connectivity index (χ2n) is 3.98. The molecule has 0 atom stereocenters.